The van der Waals surface area contributed by atoms with Crippen LogP contribution in [-0.4, -0.2) is 64.9 Å². The number of carbonyl (C=O) groups excluding carboxylic acids is 1. The van der Waals surface area contributed by atoms with Gasteiger partial charge in [-0.15, -0.1) is 0 Å². The van der Waals surface area contributed by atoms with E-state index >= 15 is 0 Å². The quantitative estimate of drug-likeness (QED) is 0.0956. The molecule has 2 aromatic carbocycles. The minimum absolute atomic E-state index is 0.0288. The SMILES string of the molecule is CI.CI.Cc1ncc(OC[C@@]2(c3cccc(F)c3)C[C@H]2C(=O)Cc2ccc(F)cn2)c(C)n1.Cc1ncc(OC[C@@]2(c3cccc(F)c3)C[C@H]2C(=O)O)c(C)n1. The molecule has 302 valence electrons. The number of ether oxygens (including phenoxy) is 2. The van der Waals surface area contributed by atoms with Gasteiger partial charge in [0.25, 0.3) is 0 Å². The number of aliphatic carboxylic acids is 1. The molecule has 2 aliphatic rings. The number of carboxylic acids is 1. The highest BCUT2D eigenvalue weighted by Gasteiger charge is 2.61. The number of benzene rings is 2. The number of aromatic nitrogens is 5. The fraction of sp³-hybridized carbons (Fsp3) is 0.357. The summed E-state index contributed by atoms with van der Waals surface area (Å²) in [4.78, 5) is 49.0. The van der Waals surface area contributed by atoms with Crippen molar-refractivity contribution in [3.05, 3.63) is 137 Å². The van der Waals surface area contributed by atoms with E-state index < -0.39 is 28.5 Å². The van der Waals surface area contributed by atoms with E-state index in [1.165, 1.54) is 36.4 Å². The zero-order valence-corrected chi connectivity index (χ0v) is 36.7. The molecule has 0 amide bonds. The molecule has 2 fully saturated rings. The van der Waals surface area contributed by atoms with Gasteiger partial charge >= 0.3 is 5.97 Å². The largest absolute Gasteiger partial charge is 0.489 e. The van der Waals surface area contributed by atoms with Crippen molar-refractivity contribution >= 4 is 56.9 Å². The van der Waals surface area contributed by atoms with Crippen molar-refractivity contribution in [2.45, 2.75) is 57.8 Å². The van der Waals surface area contributed by atoms with E-state index in [2.05, 4.69) is 70.1 Å². The van der Waals surface area contributed by atoms with E-state index in [4.69, 9.17) is 9.47 Å². The standard InChI is InChI=1S/C23H21F2N3O2.C17H17FN2O3.2CH3I/c1-14-22(12-26-15(2)28-14)30-13-23(16-4-3-5-17(24)8-16)10-20(23)21(29)9-19-7-6-18(25)11-27-19;1-10-15(8-19-11(2)20-10)23-9-17(7-14(17)16(21)22)12-4-3-5-13(18)6-12;2*1-2/h3-8,11-12,20H,9-10,13H2,1-2H3;3-6,8,14H,7,9H2,1-2H3,(H,21,22);2*1H3/t20-,23+;14-,17+;;/m00../s1. The Hall–Kier alpha value is -4.26. The first kappa shape index (κ1) is 45.4. The van der Waals surface area contributed by atoms with Gasteiger partial charge in [0.2, 0.25) is 0 Å². The molecule has 2 aliphatic carbocycles. The van der Waals surface area contributed by atoms with Crippen LogP contribution in [0.4, 0.5) is 13.2 Å². The number of alkyl halides is 2. The monoisotopic (exact) mass is 1010 g/mol. The molecule has 7 rings (SSSR count). The van der Waals surface area contributed by atoms with Gasteiger partial charge in [0, 0.05) is 28.9 Å². The van der Waals surface area contributed by atoms with Crippen LogP contribution in [-0.2, 0) is 26.8 Å². The molecule has 15 heteroatoms. The van der Waals surface area contributed by atoms with Crippen molar-refractivity contribution in [1.29, 1.82) is 0 Å². The fourth-order valence-corrected chi connectivity index (χ4v) is 6.73. The third-order valence-electron chi connectivity index (χ3n) is 9.86. The summed E-state index contributed by atoms with van der Waals surface area (Å²) in [6.07, 6.45) is 5.35. The number of halogens is 5. The number of hydrogen-bond acceptors (Lipinski definition) is 9. The number of rotatable bonds is 12. The maximum Gasteiger partial charge on any atom is 0.307 e. The van der Waals surface area contributed by atoms with Crippen LogP contribution < -0.4 is 9.47 Å². The summed E-state index contributed by atoms with van der Waals surface area (Å²) in [5.74, 6) is -0.682. The molecule has 3 aromatic heterocycles. The molecule has 0 saturated heterocycles. The highest BCUT2D eigenvalue weighted by molar-refractivity contribution is 14.1. The van der Waals surface area contributed by atoms with E-state index in [1.807, 2.05) is 22.9 Å². The minimum Gasteiger partial charge on any atom is -0.489 e. The van der Waals surface area contributed by atoms with Gasteiger partial charge in [-0.1, -0.05) is 69.4 Å². The lowest BCUT2D eigenvalue weighted by Crippen LogP contribution is -2.25. The van der Waals surface area contributed by atoms with Crippen molar-refractivity contribution in [1.82, 2.24) is 24.9 Å². The molecule has 5 aromatic rings. The Bertz CT molecular complexity index is 2170. The normalized spacial score (nSPS) is 19.9. The summed E-state index contributed by atoms with van der Waals surface area (Å²) < 4.78 is 52.3. The average molecular weight is 1010 g/mol. The number of nitrogens with zero attached hydrogens (tertiary/aromatic N) is 5. The number of carboxylic acid groups (broad SMARTS) is 1. The maximum atomic E-state index is 13.9. The first-order valence-corrected chi connectivity index (χ1v) is 22.1. The molecule has 2 saturated carbocycles. The number of aryl methyl sites for hydroxylation is 4. The summed E-state index contributed by atoms with van der Waals surface area (Å²) in [6, 6.07) is 15.1. The topological polar surface area (TPSA) is 137 Å². The maximum absolute atomic E-state index is 13.9. The Morgan fingerprint density at radius 3 is 1.56 bits per heavy atom. The Kier molecular flexibility index (Phi) is 16.3. The van der Waals surface area contributed by atoms with Crippen molar-refractivity contribution in [3.63, 3.8) is 0 Å². The first-order valence-electron chi connectivity index (χ1n) is 17.8. The van der Waals surface area contributed by atoms with Gasteiger partial charge < -0.3 is 14.6 Å². The smallest absolute Gasteiger partial charge is 0.307 e. The Morgan fingerprint density at radius 1 is 0.684 bits per heavy atom. The molecule has 0 aliphatic heterocycles. The van der Waals surface area contributed by atoms with Crippen molar-refractivity contribution in [2.75, 3.05) is 23.1 Å². The number of pyridine rings is 1. The van der Waals surface area contributed by atoms with Crippen LogP contribution in [0.15, 0.2) is 79.3 Å². The fourth-order valence-electron chi connectivity index (χ4n) is 6.73. The second-order valence-corrected chi connectivity index (χ2v) is 13.6. The van der Waals surface area contributed by atoms with Gasteiger partial charge in [-0.25, -0.2) is 33.1 Å². The lowest BCUT2D eigenvalue weighted by molar-refractivity contribution is -0.139. The average Bonchev–Trinajstić information content (AvgIpc) is 4.12. The predicted molar refractivity (Wildman–Crippen MR) is 227 cm³/mol. The first-order chi connectivity index (χ1) is 27.3. The molecular weight excluding hydrogens is 965 g/mol. The van der Waals surface area contributed by atoms with Gasteiger partial charge in [0.05, 0.1) is 49.1 Å². The van der Waals surface area contributed by atoms with E-state index in [0.29, 0.717) is 58.6 Å². The third-order valence-corrected chi connectivity index (χ3v) is 9.86. The number of ketones is 1. The third kappa shape index (κ3) is 11.4. The van der Waals surface area contributed by atoms with E-state index in [9.17, 15) is 27.9 Å². The summed E-state index contributed by atoms with van der Waals surface area (Å²) in [5.41, 5.74) is 1.94. The van der Waals surface area contributed by atoms with E-state index in [-0.39, 0.29) is 43.0 Å². The Labute approximate surface area is 357 Å². The van der Waals surface area contributed by atoms with Crippen molar-refractivity contribution in [3.8, 4) is 11.5 Å². The van der Waals surface area contributed by atoms with Gasteiger partial charge in [-0.05, 0) is 97.9 Å². The molecule has 0 radical (unpaired) electrons. The lowest BCUT2D eigenvalue weighted by atomic mass is 9.91. The van der Waals surface area contributed by atoms with E-state index in [0.717, 1.165) is 11.8 Å². The number of carbonyl (C=O) groups is 2. The lowest BCUT2D eigenvalue weighted by Gasteiger charge is -2.19. The zero-order chi connectivity index (χ0) is 41.9. The molecule has 57 heavy (non-hydrogen) atoms. The molecule has 10 nitrogen and oxygen atoms in total. The Morgan fingerprint density at radius 2 is 1.16 bits per heavy atom. The van der Waals surface area contributed by atoms with Crippen LogP contribution in [0.3, 0.4) is 0 Å². The highest BCUT2D eigenvalue weighted by Crippen LogP contribution is 2.56. The van der Waals surface area contributed by atoms with Crippen LogP contribution in [0, 0.1) is 57.0 Å². The summed E-state index contributed by atoms with van der Waals surface area (Å²) in [6.45, 7) is 7.57. The number of Topliss-reactive ketones (excluding diaryl/α,β-unsaturated/α-hetero) is 1. The number of hydrogen-bond donors (Lipinski definition) is 1. The molecule has 0 unspecified atom stereocenters. The van der Waals surface area contributed by atoms with Gasteiger partial charge in [-0.3, -0.25) is 14.6 Å². The molecule has 4 atom stereocenters. The van der Waals surface area contributed by atoms with Crippen LogP contribution in [0.1, 0.15) is 52.7 Å². The molecular formula is C42H44F3I2N5O5. The predicted octanol–water partition coefficient (Wildman–Crippen LogP) is 8.67. The van der Waals surface area contributed by atoms with Crippen molar-refractivity contribution in [2.24, 2.45) is 11.8 Å². The second kappa shape index (κ2) is 20.4. The van der Waals surface area contributed by atoms with Gasteiger partial charge in [0.15, 0.2) is 11.5 Å². The summed E-state index contributed by atoms with van der Waals surface area (Å²) >= 11 is 4.30. The Balaban J connectivity index is 0.000000239. The highest BCUT2D eigenvalue weighted by atomic mass is 127. The zero-order valence-electron chi connectivity index (χ0n) is 32.4. The van der Waals surface area contributed by atoms with Crippen LogP contribution >= 0.6 is 45.2 Å². The minimum atomic E-state index is -0.894. The van der Waals surface area contributed by atoms with Gasteiger partial charge in [0.1, 0.15) is 34.9 Å². The molecule has 3 heterocycles. The summed E-state index contributed by atoms with van der Waals surface area (Å²) in [5, 5.41) is 9.33. The van der Waals surface area contributed by atoms with Crippen LogP contribution in [0.25, 0.3) is 0 Å². The van der Waals surface area contributed by atoms with E-state index in [1.54, 1.807) is 51.4 Å². The summed E-state index contributed by atoms with van der Waals surface area (Å²) in [7, 11) is 0. The second-order valence-electron chi connectivity index (χ2n) is 13.6. The van der Waals surface area contributed by atoms with Crippen molar-refractivity contribution < 1.29 is 37.3 Å². The van der Waals surface area contributed by atoms with Crippen LogP contribution in [0.5, 0.6) is 11.5 Å². The van der Waals surface area contributed by atoms with Crippen LogP contribution in [0.2, 0.25) is 0 Å². The molecule has 1 N–H and O–H groups in total. The molecule has 0 spiro atoms. The molecule has 0 bridgehead atoms. The van der Waals surface area contributed by atoms with Gasteiger partial charge in [-0.2, -0.15) is 0 Å².